The average Bonchev–Trinajstić information content (AvgIpc) is 3.58. The number of carbonyl (C=O) groups excluding carboxylic acids is 1. The van der Waals surface area contributed by atoms with E-state index in [1.807, 2.05) is 25.1 Å². The number of ketones is 1. The van der Waals surface area contributed by atoms with E-state index in [9.17, 15) is 9.18 Å². The molecule has 1 saturated carbocycles. The number of hydrogen-bond acceptors (Lipinski definition) is 7. The Kier molecular flexibility index (Phi) is 6.45. The summed E-state index contributed by atoms with van der Waals surface area (Å²) in [5, 5.41) is 8.13. The van der Waals surface area contributed by atoms with Gasteiger partial charge in [-0.1, -0.05) is 12.1 Å². The van der Waals surface area contributed by atoms with Crippen molar-refractivity contribution in [1.82, 2.24) is 14.6 Å². The van der Waals surface area contributed by atoms with Crippen LogP contribution in [0.3, 0.4) is 0 Å². The van der Waals surface area contributed by atoms with Crippen LogP contribution in [-0.2, 0) is 4.74 Å². The number of anilines is 1. The van der Waals surface area contributed by atoms with Crippen molar-refractivity contribution in [2.75, 3.05) is 32.2 Å². The van der Waals surface area contributed by atoms with Crippen LogP contribution in [0.5, 0.6) is 17.4 Å². The van der Waals surface area contributed by atoms with Crippen LogP contribution < -0.4 is 14.8 Å². The third-order valence-electron chi connectivity index (χ3n) is 7.07. The highest BCUT2D eigenvalue weighted by Crippen LogP contribution is 2.35. The summed E-state index contributed by atoms with van der Waals surface area (Å²) in [7, 11) is 1.41. The van der Waals surface area contributed by atoms with Crippen LogP contribution in [0, 0.1) is 24.6 Å². The SMILES string of the molecule is COc1ccc(Oc2cc(NCC3COC3)c3ncc(-c4ccc(C(=O)CC5CC5)c(C)c4)n3n2)cc1F. The van der Waals surface area contributed by atoms with Gasteiger partial charge in [-0.25, -0.2) is 13.9 Å². The van der Waals surface area contributed by atoms with E-state index in [1.54, 1.807) is 22.8 Å². The van der Waals surface area contributed by atoms with Crippen molar-refractivity contribution in [3.8, 4) is 28.6 Å². The van der Waals surface area contributed by atoms with Crippen LogP contribution in [-0.4, -0.2) is 47.2 Å². The number of halogens is 1. The summed E-state index contributed by atoms with van der Waals surface area (Å²) in [6.07, 6.45) is 4.67. The molecule has 0 radical (unpaired) electrons. The number of imidazole rings is 1. The first-order chi connectivity index (χ1) is 18.5. The number of aryl methyl sites for hydroxylation is 1. The largest absolute Gasteiger partial charge is 0.494 e. The van der Waals surface area contributed by atoms with Gasteiger partial charge in [0.1, 0.15) is 5.75 Å². The number of hydrogen-bond donors (Lipinski definition) is 1. The molecule has 0 atom stereocenters. The van der Waals surface area contributed by atoms with E-state index >= 15 is 0 Å². The zero-order valence-corrected chi connectivity index (χ0v) is 21.4. The molecule has 3 heterocycles. The maximum atomic E-state index is 14.3. The van der Waals surface area contributed by atoms with Crippen LogP contribution in [0.15, 0.2) is 48.7 Å². The molecule has 2 aromatic heterocycles. The van der Waals surface area contributed by atoms with Crippen molar-refractivity contribution in [2.45, 2.75) is 26.2 Å². The molecule has 1 N–H and O–H groups in total. The number of carbonyl (C=O) groups is 1. The number of rotatable bonds is 10. The molecule has 2 aliphatic rings. The van der Waals surface area contributed by atoms with E-state index in [-0.39, 0.29) is 17.4 Å². The summed E-state index contributed by atoms with van der Waals surface area (Å²) in [4.78, 5) is 17.4. The molecular formula is C29H29FN4O4. The topological polar surface area (TPSA) is 87.0 Å². The molecule has 2 aromatic carbocycles. The van der Waals surface area contributed by atoms with Crippen molar-refractivity contribution >= 4 is 17.1 Å². The van der Waals surface area contributed by atoms with Crippen molar-refractivity contribution in [3.05, 3.63) is 65.6 Å². The Morgan fingerprint density at radius 3 is 2.68 bits per heavy atom. The fourth-order valence-electron chi connectivity index (χ4n) is 4.64. The molecule has 196 valence electrons. The first kappa shape index (κ1) is 24.4. The van der Waals surface area contributed by atoms with E-state index in [0.29, 0.717) is 42.9 Å². The summed E-state index contributed by atoms with van der Waals surface area (Å²) in [5.74, 6) is 1.34. The van der Waals surface area contributed by atoms with Gasteiger partial charge in [0.15, 0.2) is 23.0 Å². The fraction of sp³-hybridized carbons (Fsp3) is 0.345. The summed E-state index contributed by atoms with van der Waals surface area (Å²) < 4.78 is 32.3. The van der Waals surface area contributed by atoms with Gasteiger partial charge in [-0.2, -0.15) is 0 Å². The molecule has 4 aromatic rings. The number of nitrogens with one attached hydrogen (secondary N) is 1. The summed E-state index contributed by atoms with van der Waals surface area (Å²) >= 11 is 0. The predicted octanol–water partition coefficient (Wildman–Crippen LogP) is 5.69. The Morgan fingerprint density at radius 1 is 1.16 bits per heavy atom. The maximum absolute atomic E-state index is 14.3. The predicted molar refractivity (Wildman–Crippen MR) is 141 cm³/mol. The van der Waals surface area contributed by atoms with Gasteiger partial charge >= 0.3 is 0 Å². The van der Waals surface area contributed by atoms with Crippen LogP contribution >= 0.6 is 0 Å². The zero-order chi connectivity index (χ0) is 26.2. The molecule has 6 rings (SSSR count). The van der Waals surface area contributed by atoms with E-state index in [4.69, 9.17) is 14.2 Å². The Labute approximate surface area is 219 Å². The van der Waals surface area contributed by atoms with E-state index < -0.39 is 5.82 Å². The minimum atomic E-state index is -0.524. The van der Waals surface area contributed by atoms with Crippen LogP contribution in [0.1, 0.15) is 35.2 Å². The molecule has 0 bridgehead atoms. The second kappa shape index (κ2) is 10.1. The second-order valence-electron chi connectivity index (χ2n) is 10.1. The Bertz CT molecular complexity index is 1510. The molecule has 8 nitrogen and oxygen atoms in total. The smallest absolute Gasteiger partial charge is 0.239 e. The van der Waals surface area contributed by atoms with E-state index in [0.717, 1.165) is 47.5 Å². The van der Waals surface area contributed by atoms with Gasteiger partial charge < -0.3 is 19.5 Å². The quantitative estimate of drug-likeness (QED) is 0.271. The van der Waals surface area contributed by atoms with Gasteiger partial charge in [0, 0.05) is 42.1 Å². The molecule has 2 fully saturated rings. The fourth-order valence-corrected chi connectivity index (χ4v) is 4.64. The zero-order valence-electron chi connectivity index (χ0n) is 21.4. The minimum absolute atomic E-state index is 0.136. The lowest BCUT2D eigenvalue weighted by molar-refractivity contribution is -0.0248. The highest BCUT2D eigenvalue weighted by molar-refractivity contribution is 5.98. The number of fused-ring (bicyclic) bond motifs is 1. The molecule has 9 heteroatoms. The number of benzene rings is 2. The summed E-state index contributed by atoms with van der Waals surface area (Å²) in [5.41, 5.74) is 4.71. The minimum Gasteiger partial charge on any atom is -0.494 e. The number of aromatic nitrogens is 3. The van der Waals surface area contributed by atoms with E-state index in [2.05, 4.69) is 15.4 Å². The number of methoxy groups -OCH3 is 1. The van der Waals surface area contributed by atoms with Gasteiger partial charge in [0.05, 0.1) is 37.9 Å². The van der Waals surface area contributed by atoms with Crippen LogP contribution in [0.4, 0.5) is 10.1 Å². The highest BCUT2D eigenvalue weighted by atomic mass is 19.1. The summed E-state index contributed by atoms with van der Waals surface area (Å²) in [6, 6.07) is 12.0. The molecule has 1 aliphatic heterocycles. The van der Waals surface area contributed by atoms with Gasteiger partial charge in [0.25, 0.3) is 0 Å². The standard InChI is InChI=1S/C29H29FN4O4/c1-17-9-20(5-7-22(17)26(35)10-18-3-4-18)25-14-32-29-24(31-13-19-15-37-16-19)12-28(33-34(25)29)38-21-6-8-27(36-2)23(30)11-21/h5-9,11-12,14,18-19,31H,3-4,10,13,15-16H2,1-2H3. The van der Waals surface area contributed by atoms with Crippen LogP contribution in [0.25, 0.3) is 16.9 Å². The third kappa shape index (κ3) is 4.93. The summed E-state index contributed by atoms with van der Waals surface area (Å²) in [6.45, 7) is 4.11. The second-order valence-corrected chi connectivity index (χ2v) is 10.1. The monoisotopic (exact) mass is 516 g/mol. The molecule has 1 saturated heterocycles. The van der Waals surface area contributed by atoms with Gasteiger partial charge in [-0.15, -0.1) is 5.10 Å². The van der Waals surface area contributed by atoms with Gasteiger partial charge in [-0.05, 0) is 49.4 Å². The Hall–Kier alpha value is -3.98. The molecule has 1 aliphatic carbocycles. The molecule has 0 spiro atoms. The van der Waals surface area contributed by atoms with Gasteiger partial charge in [-0.3, -0.25) is 4.79 Å². The maximum Gasteiger partial charge on any atom is 0.239 e. The average molecular weight is 517 g/mol. The first-order valence-electron chi connectivity index (χ1n) is 12.8. The van der Waals surface area contributed by atoms with Crippen molar-refractivity contribution < 1.29 is 23.4 Å². The lowest BCUT2D eigenvalue weighted by atomic mass is 9.98. The number of Topliss-reactive ketones (excluding diaryl/α,β-unsaturated/α-hetero) is 1. The highest BCUT2D eigenvalue weighted by Gasteiger charge is 2.26. The van der Waals surface area contributed by atoms with Crippen molar-refractivity contribution in [2.24, 2.45) is 11.8 Å². The molecule has 38 heavy (non-hydrogen) atoms. The molecule has 0 amide bonds. The van der Waals surface area contributed by atoms with Crippen molar-refractivity contribution in [1.29, 1.82) is 0 Å². The Balaban J connectivity index is 1.35. The number of nitrogens with zero attached hydrogens (tertiary/aromatic N) is 3. The normalized spacial score (nSPS) is 15.3. The Morgan fingerprint density at radius 2 is 2.00 bits per heavy atom. The van der Waals surface area contributed by atoms with Crippen LogP contribution in [0.2, 0.25) is 0 Å². The molecule has 0 unspecified atom stereocenters. The first-order valence-corrected chi connectivity index (χ1v) is 12.8. The lowest BCUT2D eigenvalue weighted by Gasteiger charge is -2.26. The lowest BCUT2D eigenvalue weighted by Crippen LogP contribution is -2.33. The van der Waals surface area contributed by atoms with E-state index in [1.165, 1.54) is 19.2 Å². The van der Waals surface area contributed by atoms with Crippen molar-refractivity contribution in [3.63, 3.8) is 0 Å². The third-order valence-corrected chi connectivity index (χ3v) is 7.07. The molecular weight excluding hydrogens is 487 g/mol. The number of ether oxygens (including phenoxy) is 3. The van der Waals surface area contributed by atoms with Gasteiger partial charge in [0.2, 0.25) is 5.88 Å².